The van der Waals surface area contributed by atoms with Crippen molar-refractivity contribution in [3.63, 3.8) is 0 Å². The molecule has 2 heterocycles. The molecule has 0 unspecified atom stereocenters. The smallest absolute Gasteiger partial charge is 0.301 e. The number of Topliss-reactive ketones (excluding diaryl/α,β-unsaturated/α-hetero) is 1. The Morgan fingerprint density at radius 3 is 2.37 bits per heavy atom. The van der Waals surface area contributed by atoms with Crippen LogP contribution in [0.5, 0.6) is 5.75 Å². The maximum absolute atomic E-state index is 13.6. The van der Waals surface area contributed by atoms with Gasteiger partial charge < -0.3 is 9.84 Å². The number of ether oxygens (including phenoxy) is 1. The Morgan fingerprint density at radius 1 is 1.05 bits per heavy atom. The third kappa shape index (κ3) is 4.47. The summed E-state index contributed by atoms with van der Waals surface area (Å²) in [5.41, 5.74) is 5.26. The lowest BCUT2D eigenvalue weighted by Crippen LogP contribution is -2.29. The van der Waals surface area contributed by atoms with Crippen molar-refractivity contribution in [2.45, 2.75) is 46.6 Å². The second-order valence-electron chi connectivity index (χ2n) is 9.87. The van der Waals surface area contributed by atoms with E-state index in [0.29, 0.717) is 29.0 Å². The highest BCUT2D eigenvalue weighted by Crippen LogP contribution is 2.45. The van der Waals surface area contributed by atoms with Crippen LogP contribution in [0.1, 0.15) is 60.5 Å². The number of fused-ring (bicyclic) bond motifs is 1. The van der Waals surface area contributed by atoms with Crippen LogP contribution in [-0.4, -0.2) is 28.4 Å². The van der Waals surface area contributed by atoms with Gasteiger partial charge in [-0.3, -0.25) is 14.5 Å². The normalized spacial score (nSPS) is 17.1. The van der Waals surface area contributed by atoms with E-state index < -0.39 is 17.7 Å². The third-order valence-corrected chi connectivity index (χ3v) is 7.83. The summed E-state index contributed by atoms with van der Waals surface area (Å²) in [6.45, 7) is 10.6. The molecule has 0 saturated carbocycles. The second kappa shape index (κ2) is 10.1. The molecule has 1 aromatic heterocycles. The largest absolute Gasteiger partial charge is 0.507 e. The Kier molecular flexibility index (Phi) is 6.80. The first-order valence-corrected chi connectivity index (χ1v) is 13.5. The van der Waals surface area contributed by atoms with Crippen LogP contribution in [0, 0.1) is 13.8 Å². The standard InChI is InChI=1S/C31H30N2O4S/c1-6-37-23-13-11-22(12-14-23)28(34)25-27(21-9-7-20(8-10-21)17(2)3)33(30(36)29(25)35)31-32-26-19(5)15-18(4)16-24(26)38-31/h7-17,27,34H,6H2,1-5H3/t27-/m1/s1. The molecule has 38 heavy (non-hydrogen) atoms. The van der Waals surface area contributed by atoms with Crippen LogP contribution >= 0.6 is 11.3 Å². The average molecular weight is 527 g/mol. The minimum Gasteiger partial charge on any atom is -0.507 e. The number of hydrogen-bond donors (Lipinski definition) is 1. The van der Waals surface area contributed by atoms with Crippen molar-refractivity contribution < 1.29 is 19.4 Å². The maximum atomic E-state index is 13.6. The van der Waals surface area contributed by atoms with Gasteiger partial charge in [0.1, 0.15) is 11.5 Å². The molecule has 1 N–H and O–H groups in total. The number of amides is 1. The van der Waals surface area contributed by atoms with Gasteiger partial charge in [0.2, 0.25) is 0 Å². The van der Waals surface area contributed by atoms with E-state index in [1.807, 2.05) is 57.2 Å². The topological polar surface area (TPSA) is 79.7 Å². The molecule has 0 radical (unpaired) electrons. The lowest BCUT2D eigenvalue weighted by Gasteiger charge is -2.23. The Bertz CT molecular complexity index is 1570. The van der Waals surface area contributed by atoms with Gasteiger partial charge in [-0.05, 0) is 79.3 Å². The van der Waals surface area contributed by atoms with Crippen molar-refractivity contribution in [2.75, 3.05) is 11.5 Å². The minimum absolute atomic E-state index is 0.0450. The summed E-state index contributed by atoms with van der Waals surface area (Å²) < 4.78 is 6.46. The van der Waals surface area contributed by atoms with Gasteiger partial charge in [-0.25, -0.2) is 4.98 Å². The Hall–Kier alpha value is -3.97. The molecule has 1 atom stereocenters. The zero-order valence-corrected chi connectivity index (χ0v) is 22.9. The predicted octanol–water partition coefficient (Wildman–Crippen LogP) is 7.06. The van der Waals surface area contributed by atoms with Gasteiger partial charge in [0.25, 0.3) is 5.78 Å². The van der Waals surface area contributed by atoms with Gasteiger partial charge in [-0.15, -0.1) is 0 Å². The summed E-state index contributed by atoms with van der Waals surface area (Å²) in [6.07, 6.45) is 0. The number of anilines is 1. The van der Waals surface area contributed by atoms with Crippen LogP contribution in [0.4, 0.5) is 5.13 Å². The highest BCUT2D eigenvalue weighted by atomic mass is 32.1. The van der Waals surface area contributed by atoms with E-state index in [-0.39, 0.29) is 11.3 Å². The molecule has 0 spiro atoms. The molecule has 1 fully saturated rings. The molecule has 5 rings (SSSR count). The quantitative estimate of drug-likeness (QED) is 0.165. The Balaban J connectivity index is 1.69. The molecule has 1 aliphatic rings. The van der Waals surface area contributed by atoms with Crippen LogP contribution < -0.4 is 9.64 Å². The number of aromatic nitrogens is 1. The summed E-state index contributed by atoms with van der Waals surface area (Å²) >= 11 is 1.37. The average Bonchev–Trinajstić information content (AvgIpc) is 3.43. The summed E-state index contributed by atoms with van der Waals surface area (Å²) in [6, 6.07) is 18.0. The van der Waals surface area contributed by atoms with Gasteiger partial charge in [0, 0.05) is 5.56 Å². The van der Waals surface area contributed by atoms with E-state index in [9.17, 15) is 14.7 Å². The molecule has 3 aromatic carbocycles. The lowest BCUT2D eigenvalue weighted by atomic mass is 9.93. The predicted molar refractivity (Wildman–Crippen MR) is 152 cm³/mol. The van der Waals surface area contributed by atoms with Crippen LogP contribution in [0.15, 0.2) is 66.2 Å². The van der Waals surface area contributed by atoms with E-state index in [4.69, 9.17) is 9.72 Å². The summed E-state index contributed by atoms with van der Waals surface area (Å²) in [7, 11) is 0. The molecule has 4 aromatic rings. The number of hydrogen-bond acceptors (Lipinski definition) is 6. The fraction of sp³-hybridized carbons (Fsp3) is 0.258. The second-order valence-corrected chi connectivity index (χ2v) is 10.9. The van der Waals surface area contributed by atoms with E-state index in [2.05, 4.69) is 13.8 Å². The summed E-state index contributed by atoms with van der Waals surface area (Å²) in [4.78, 5) is 33.3. The first-order valence-electron chi connectivity index (χ1n) is 12.7. The van der Waals surface area contributed by atoms with E-state index in [1.54, 1.807) is 24.3 Å². The van der Waals surface area contributed by atoms with Crippen molar-refractivity contribution in [2.24, 2.45) is 0 Å². The van der Waals surface area contributed by atoms with E-state index in [1.165, 1.54) is 16.2 Å². The monoisotopic (exact) mass is 526 g/mol. The van der Waals surface area contributed by atoms with Gasteiger partial charge in [-0.2, -0.15) is 0 Å². The minimum atomic E-state index is -0.815. The van der Waals surface area contributed by atoms with Crippen molar-refractivity contribution >= 4 is 44.1 Å². The van der Waals surface area contributed by atoms with Crippen molar-refractivity contribution in [1.82, 2.24) is 4.98 Å². The number of nitrogens with zero attached hydrogens (tertiary/aromatic N) is 2. The number of thiazole rings is 1. The first kappa shape index (κ1) is 25.7. The van der Waals surface area contributed by atoms with Crippen LogP contribution in [0.25, 0.3) is 16.0 Å². The van der Waals surface area contributed by atoms with Crippen molar-refractivity contribution in [3.8, 4) is 5.75 Å². The van der Waals surface area contributed by atoms with Crippen LogP contribution in [-0.2, 0) is 9.59 Å². The van der Waals surface area contributed by atoms with Gasteiger partial charge in [0.05, 0.1) is 28.4 Å². The first-order chi connectivity index (χ1) is 18.2. The van der Waals surface area contributed by atoms with Crippen molar-refractivity contribution in [3.05, 3.63) is 94.1 Å². The Morgan fingerprint density at radius 2 is 1.74 bits per heavy atom. The number of aliphatic hydroxyl groups excluding tert-OH is 1. The van der Waals surface area contributed by atoms with Gasteiger partial charge in [0.15, 0.2) is 5.13 Å². The molecular formula is C31H30N2O4S. The summed E-state index contributed by atoms with van der Waals surface area (Å²) in [5, 5.41) is 11.8. The number of ketones is 1. The molecule has 194 valence electrons. The van der Waals surface area contributed by atoms with Crippen LogP contribution in [0.3, 0.4) is 0 Å². The number of aliphatic hydroxyl groups is 1. The molecule has 1 saturated heterocycles. The number of carbonyl (C=O) groups is 2. The number of benzene rings is 3. The molecule has 0 aliphatic carbocycles. The SMILES string of the molecule is CCOc1ccc(C(O)=C2C(=O)C(=O)N(c3nc4c(C)cc(C)cc4s3)[C@@H]2c2ccc(C(C)C)cc2)cc1. The van der Waals surface area contributed by atoms with Crippen LogP contribution in [0.2, 0.25) is 0 Å². The Labute approximate surface area is 226 Å². The number of aryl methyl sites for hydroxylation is 2. The lowest BCUT2D eigenvalue weighted by molar-refractivity contribution is -0.132. The molecular weight excluding hydrogens is 496 g/mol. The maximum Gasteiger partial charge on any atom is 0.301 e. The fourth-order valence-electron chi connectivity index (χ4n) is 4.90. The third-order valence-electron chi connectivity index (χ3n) is 6.83. The number of rotatable bonds is 6. The van der Waals surface area contributed by atoms with E-state index >= 15 is 0 Å². The highest BCUT2D eigenvalue weighted by molar-refractivity contribution is 7.22. The van der Waals surface area contributed by atoms with Gasteiger partial charge in [-0.1, -0.05) is 55.5 Å². The highest BCUT2D eigenvalue weighted by Gasteiger charge is 2.48. The van der Waals surface area contributed by atoms with Crippen molar-refractivity contribution in [1.29, 1.82) is 0 Å². The molecule has 0 bridgehead atoms. The fourth-order valence-corrected chi connectivity index (χ4v) is 6.07. The van der Waals surface area contributed by atoms with Gasteiger partial charge >= 0.3 is 5.91 Å². The molecule has 7 heteroatoms. The zero-order chi connectivity index (χ0) is 27.1. The summed E-state index contributed by atoms with van der Waals surface area (Å²) in [5.74, 6) is -0.675. The number of carbonyl (C=O) groups excluding carboxylic acids is 2. The zero-order valence-electron chi connectivity index (χ0n) is 22.1. The molecule has 1 aliphatic heterocycles. The molecule has 1 amide bonds. The van der Waals surface area contributed by atoms with E-state index in [0.717, 1.165) is 32.5 Å². The molecule has 6 nitrogen and oxygen atoms in total.